The van der Waals surface area contributed by atoms with Crippen LogP contribution in [0.25, 0.3) is 0 Å². The van der Waals surface area contributed by atoms with Crippen LogP contribution >= 0.6 is 0 Å². The first kappa shape index (κ1) is 18.8. The molecule has 0 radical (unpaired) electrons. The third kappa shape index (κ3) is 4.75. The van der Waals surface area contributed by atoms with E-state index in [1.807, 2.05) is 0 Å². The molecule has 136 valence electrons. The lowest BCUT2D eigenvalue weighted by molar-refractivity contribution is -0.120. The second-order valence-corrected chi connectivity index (χ2v) is 6.27. The van der Waals surface area contributed by atoms with Crippen LogP contribution in [0.5, 0.6) is 0 Å². The number of carbonyl (C=O) groups excluding carboxylic acids is 1. The second-order valence-electron chi connectivity index (χ2n) is 6.27. The van der Waals surface area contributed by atoms with Gasteiger partial charge in [-0.1, -0.05) is 6.92 Å². The van der Waals surface area contributed by atoms with Gasteiger partial charge in [-0.15, -0.1) is 0 Å². The van der Waals surface area contributed by atoms with Crippen molar-refractivity contribution in [2.45, 2.75) is 63.6 Å². The van der Waals surface area contributed by atoms with Crippen molar-refractivity contribution in [3.8, 4) is 0 Å². The Bertz CT molecular complexity index is 534. The number of aromatic nitrogens is 3. The zero-order valence-corrected chi connectivity index (χ0v) is 14.6. The number of aliphatic hydroxyl groups excluding tert-OH is 1. The minimum Gasteiger partial charge on any atom is -0.394 e. The Morgan fingerprint density at radius 2 is 2.29 bits per heavy atom. The molecule has 0 bridgehead atoms. The molecular formula is C16H29N5O3. The fraction of sp³-hybridized carbons (Fsp3) is 0.812. The molecular weight excluding hydrogens is 310 g/mol. The number of amides is 1. The lowest BCUT2D eigenvalue weighted by Crippen LogP contribution is -2.42. The molecule has 1 amide bonds. The number of carbonyl (C=O) groups is 1. The molecule has 8 heteroatoms. The summed E-state index contributed by atoms with van der Waals surface area (Å²) in [7, 11) is 1.59. The quantitative estimate of drug-likeness (QED) is 0.611. The maximum absolute atomic E-state index is 11.6. The lowest BCUT2D eigenvalue weighted by atomic mass is 9.83. The largest absolute Gasteiger partial charge is 0.394 e. The van der Waals surface area contributed by atoms with E-state index in [9.17, 15) is 9.90 Å². The van der Waals surface area contributed by atoms with Crippen LogP contribution in [-0.4, -0.2) is 58.2 Å². The van der Waals surface area contributed by atoms with E-state index in [1.54, 1.807) is 11.7 Å². The average Bonchev–Trinajstić information content (AvgIpc) is 2.96. The summed E-state index contributed by atoms with van der Waals surface area (Å²) >= 11 is 0. The summed E-state index contributed by atoms with van der Waals surface area (Å²) in [6.45, 7) is 3.14. The zero-order chi connectivity index (χ0) is 17.5. The van der Waals surface area contributed by atoms with E-state index in [2.05, 4.69) is 22.3 Å². The molecule has 2 rings (SSSR count). The molecule has 0 unspecified atom stereocenters. The van der Waals surface area contributed by atoms with Crippen LogP contribution in [0.1, 0.15) is 50.2 Å². The minimum absolute atomic E-state index is 0.0161. The molecule has 1 aliphatic carbocycles. The molecule has 1 aromatic rings. The van der Waals surface area contributed by atoms with Crippen molar-refractivity contribution in [1.82, 2.24) is 20.1 Å². The van der Waals surface area contributed by atoms with Gasteiger partial charge in [-0.3, -0.25) is 4.79 Å². The van der Waals surface area contributed by atoms with Crippen molar-refractivity contribution in [2.24, 2.45) is 5.73 Å². The van der Waals surface area contributed by atoms with Crippen LogP contribution in [0.15, 0.2) is 0 Å². The standard InChI is InChI=1S/C16H29N5O3/c1-3-8-24-13-9-11(4-5-12(13)17)16-19-14(10-15(23)18-2)20-21(16)6-7-22/h11-13,22H,3-10,17H2,1-2H3,(H,18,23)/t11-,12+,13+/m0/s1. The Balaban J connectivity index is 2.14. The molecule has 0 aliphatic heterocycles. The van der Waals surface area contributed by atoms with Crippen LogP contribution < -0.4 is 11.1 Å². The number of nitrogens with zero attached hydrogens (tertiary/aromatic N) is 3. The maximum Gasteiger partial charge on any atom is 0.227 e. The molecule has 1 aromatic heterocycles. The topological polar surface area (TPSA) is 115 Å². The van der Waals surface area contributed by atoms with Crippen molar-refractivity contribution in [3.05, 3.63) is 11.6 Å². The number of nitrogens with one attached hydrogen (secondary N) is 1. The highest BCUT2D eigenvalue weighted by Crippen LogP contribution is 2.33. The first-order valence-corrected chi connectivity index (χ1v) is 8.71. The molecule has 8 nitrogen and oxygen atoms in total. The Hall–Kier alpha value is -1.51. The van der Waals surface area contributed by atoms with E-state index in [1.165, 1.54) is 0 Å². The third-order valence-electron chi connectivity index (χ3n) is 4.40. The Morgan fingerprint density at radius 1 is 1.50 bits per heavy atom. The van der Waals surface area contributed by atoms with Gasteiger partial charge in [0.1, 0.15) is 5.82 Å². The van der Waals surface area contributed by atoms with E-state index in [-0.39, 0.29) is 37.0 Å². The van der Waals surface area contributed by atoms with E-state index < -0.39 is 0 Å². The summed E-state index contributed by atoms with van der Waals surface area (Å²) in [5.41, 5.74) is 6.19. The monoisotopic (exact) mass is 339 g/mol. The van der Waals surface area contributed by atoms with Crippen molar-refractivity contribution in [3.63, 3.8) is 0 Å². The van der Waals surface area contributed by atoms with Crippen molar-refractivity contribution in [2.75, 3.05) is 20.3 Å². The van der Waals surface area contributed by atoms with E-state index >= 15 is 0 Å². The second kappa shape index (κ2) is 9.10. The molecule has 0 saturated heterocycles. The number of hydrogen-bond donors (Lipinski definition) is 3. The third-order valence-corrected chi connectivity index (χ3v) is 4.40. The first-order chi connectivity index (χ1) is 11.6. The van der Waals surface area contributed by atoms with Crippen LogP contribution in [0.2, 0.25) is 0 Å². The summed E-state index contributed by atoms with van der Waals surface area (Å²) in [6, 6.07) is 0.0485. The zero-order valence-electron chi connectivity index (χ0n) is 14.6. The van der Waals surface area contributed by atoms with Crippen LogP contribution in [0, 0.1) is 0 Å². The van der Waals surface area contributed by atoms with Gasteiger partial charge >= 0.3 is 0 Å². The summed E-state index contributed by atoms with van der Waals surface area (Å²) < 4.78 is 7.61. The van der Waals surface area contributed by atoms with Crippen LogP contribution in [-0.2, 0) is 22.5 Å². The van der Waals surface area contributed by atoms with Gasteiger partial charge in [0.15, 0.2) is 5.82 Å². The molecule has 0 aromatic carbocycles. The Labute approximate surface area is 142 Å². The normalized spacial score (nSPS) is 24.1. The molecule has 1 aliphatic rings. The lowest BCUT2D eigenvalue weighted by Gasteiger charge is -2.33. The average molecular weight is 339 g/mol. The van der Waals surface area contributed by atoms with Gasteiger partial charge in [-0.05, 0) is 25.7 Å². The SMILES string of the molecule is CCCO[C@@H]1C[C@@H](c2nc(CC(=O)NC)nn2CCO)CC[C@H]1N. The summed E-state index contributed by atoms with van der Waals surface area (Å²) in [5, 5.41) is 16.2. The van der Waals surface area contributed by atoms with Crippen LogP contribution in [0.3, 0.4) is 0 Å². The van der Waals surface area contributed by atoms with Gasteiger partial charge in [0.25, 0.3) is 0 Å². The number of rotatable bonds is 8. The molecule has 4 N–H and O–H groups in total. The molecule has 1 heterocycles. The summed E-state index contributed by atoms with van der Waals surface area (Å²) in [4.78, 5) is 16.1. The molecule has 1 fully saturated rings. The smallest absolute Gasteiger partial charge is 0.227 e. The van der Waals surface area contributed by atoms with Crippen molar-refractivity contribution in [1.29, 1.82) is 0 Å². The fourth-order valence-corrected chi connectivity index (χ4v) is 3.12. The van der Waals surface area contributed by atoms with Crippen LogP contribution in [0.4, 0.5) is 0 Å². The van der Waals surface area contributed by atoms with E-state index in [4.69, 9.17) is 10.5 Å². The van der Waals surface area contributed by atoms with Gasteiger partial charge in [0.2, 0.25) is 5.91 Å². The van der Waals surface area contributed by atoms with E-state index in [0.29, 0.717) is 19.0 Å². The number of nitrogens with two attached hydrogens (primary N) is 1. The molecule has 1 saturated carbocycles. The Morgan fingerprint density at radius 3 is 2.96 bits per heavy atom. The van der Waals surface area contributed by atoms with E-state index in [0.717, 1.165) is 31.5 Å². The first-order valence-electron chi connectivity index (χ1n) is 8.71. The van der Waals surface area contributed by atoms with Crippen molar-refractivity contribution < 1.29 is 14.6 Å². The predicted molar refractivity (Wildman–Crippen MR) is 89.5 cm³/mol. The highest BCUT2D eigenvalue weighted by atomic mass is 16.5. The molecule has 0 spiro atoms. The van der Waals surface area contributed by atoms with Gasteiger partial charge < -0.3 is 20.9 Å². The predicted octanol–water partition coefficient (Wildman–Crippen LogP) is -0.0511. The van der Waals surface area contributed by atoms with Gasteiger partial charge in [-0.2, -0.15) is 5.10 Å². The van der Waals surface area contributed by atoms with Gasteiger partial charge in [0.05, 0.1) is 25.7 Å². The summed E-state index contributed by atoms with van der Waals surface area (Å²) in [5.74, 6) is 1.36. The number of hydrogen-bond acceptors (Lipinski definition) is 6. The van der Waals surface area contributed by atoms with Gasteiger partial charge in [-0.25, -0.2) is 9.67 Å². The maximum atomic E-state index is 11.6. The molecule has 24 heavy (non-hydrogen) atoms. The van der Waals surface area contributed by atoms with Crippen molar-refractivity contribution >= 4 is 5.91 Å². The summed E-state index contributed by atoms with van der Waals surface area (Å²) in [6.07, 6.45) is 3.71. The number of ether oxygens (including phenoxy) is 1. The minimum atomic E-state index is -0.127. The highest BCUT2D eigenvalue weighted by molar-refractivity contribution is 5.77. The highest BCUT2D eigenvalue weighted by Gasteiger charge is 2.32. The van der Waals surface area contributed by atoms with Gasteiger partial charge in [0, 0.05) is 25.6 Å². The number of likely N-dealkylation sites (N-methyl/N-ethyl adjacent to an activating group) is 1. The Kier molecular flexibility index (Phi) is 7.14. The number of aliphatic hydroxyl groups is 1. The molecule has 3 atom stereocenters. The fourth-order valence-electron chi connectivity index (χ4n) is 3.12.